The summed E-state index contributed by atoms with van der Waals surface area (Å²) in [5.41, 5.74) is 2.12. The van der Waals surface area contributed by atoms with Gasteiger partial charge in [0.05, 0.1) is 11.3 Å². The van der Waals surface area contributed by atoms with Crippen LogP contribution in [-0.4, -0.2) is 39.6 Å². The Morgan fingerprint density at radius 2 is 2.21 bits per heavy atom. The third-order valence-corrected chi connectivity index (χ3v) is 4.64. The maximum atomic E-state index is 13.4. The number of amides is 1. The van der Waals surface area contributed by atoms with Crippen molar-refractivity contribution in [1.29, 1.82) is 5.26 Å². The molecule has 1 fully saturated rings. The van der Waals surface area contributed by atoms with Crippen LogP contribution in [0.5, 0.6) is 0 Å². The maximum absolute atomic E-state index is 13.4. The minimum atomic E-state index is -0.664. The second-order valence-electron chi connectivity index (χ2n) is 5.68. The summed E-state index contributed by atoms with van der Waals surface area (Å²) in [4.78, 5) is 15.7. The maximum Gasteiger partial charge on any atom is 0.223 e. The van der Waals surface area contributed by atoms with Crippen LogP contribution >= 0.6 is 11.8 Å². The lowest BCUT2D eigenvalue weighted by Crippen LogP contribution is -2.27. The summed E-state index contributed by atoms with van der Waals surface area (Å²) >= 11 is 1.27. The molecular weight excluding hydrogens is 399 g/mol. The van der Waals surface area contributed by atoms with Crippen molar-refractivity contribution in [3.05, 3.63) is 35.3 Å². The van der Waals surface area contributed by atoms with Crippen LogP contribution in [0.4, 0.5) is 10.1 Å². The van der Waals surface area contributed by atoms with Gasteiger partial charge < -0.3 is 5.32 Å². The van der Waals surface area contributed by atoms with Gasteiger partial charge in [-0.25, -0.2) is 14.0 Å². The van der Waals surface area contributed by atoms with Crippen LogP contribution in [0.1, 0.15) is 37.9 Å². The molecule has 3 rings (SSSR count). The first-order valence-corrected chi connectivity index (χ1v) is 10.0. The molecule has 2 aromatic rings. The summed E-state index contributed by atoms with van der Waals surface area (Å²) in [5.74, 6) is -0.0181. The van der Waals surface area contributed by atoms with Crippen molar-refractivity contribution in [1.82, 2.24) is 21.1 Å². The quantitative estimate of drug-likeness (QED) is 0.204. The molecule has 1 heterocycles. The largest absolute Gasteiger partial charge is 0.355 e. The Labute approximate surface area is 171 Å². The van der Waals surface area contributed by atoms with Gasteiger partial charge in [-0.3, -0.25) is 15.5 Å². The van der Waals surface area contributed by atoms with Crippen LogP contribution in [0.25, 0.3) is 0 Å². The third kappa shape index (κ3) is 6.27. The summed E-state index contributed by atoms with van der Waals surface area (Å²) in [6.45, 7) is 4.45. The third-order valence-electron chi connectivity index (χ3n) is 3.69. The highest BCUT2D eigenvalue weighted by atomic mass is 32.2. The van der Waals surface area contributed by atoms with E-state index in [4.69, 9.17) is 9.89 Å². The van der Waals surface area contributed by atoms with Crippen LogP contribution in [0.2, 0.25) is 0 Å². The zero-order valence-corrected chi connectivity index (χ0v) is 16.8. The van der Waals surface area contributed by atoms with Crippen molar-refractivity contribution < 1.29 is 19.0 Å². The number of halogens is 1. The second kappa shape index (κ2) is 11.1. The van der Waals surface area contributed by atoms with Gasteiger partial charge in [0.15, 0.2) is 16.6 Å². The number of nitrogens with one attached hydrogen (secondary N) is 2. The predicted molar refractivity (Wildman–Crippen MR) is 104 cm³/mol. The second-order valence-corrected chi connectivity index (χ2v) is 6.76. The van der Waals surface area contributed by atoms with Gasteiger partial charge in [0.2, 0.25) is 5.91 Å². The highest BCUT2D eigenvalue weighted by Gasteiger charge is 2.29. The van der Waals surface area contributed by atoms with Crippen LogP contribution in [-0.2, 0) is 4.79 Å². The molecule has 3 N–H and O–H groups in total. The highest BCUT2D eigenvalue weighted by molar-refractivity contribution is 7.99. The van der Waals surface area contributed by atoms with E-state index in [0.717, 1.165) is 18.9 Å². The molecule has 9 nitrogen and oxygen atoms in total. The van der Waals surface area contributed by atoms with Gasteiger partial charge in [-0.2, -0.15) is 5.26 Å². The van der Waals surface area contributed by atoms with E-state index in [1.54, 1.807) is 6.07 Å². The van der Waals surface area contributed by atoms with Crippen LogP contribution in [0.15, 0.2) is 32.8 Å². The molecule has 1 aromatic carbocycles. The number of nitrogens with zero attached hydrogens (tertiary/aromatic N) is 4. The van der Waals surface area contributed by atoms with E-state index in [1.807, 2.05) is 19.3 Å². The summed E-state index contributed by atoms with van der Waals surface area (Å²) in [5, 5.41) is 28.9. The number of aromatic nitrogens is 2. The van der Waals surface area contributed by atoms with E-state index in [9.17, 15) is 14.4 Å². The van der Waals surface area contributed by atoms with Crippen molar-refractivity contribution >= 4 is 29.2 Å². The van der Waals surface area contributed by atoms with E-state index in [2.05, 4.69) is 20.6 Å². The first-order valence-electron chi connectivity index (χ1n) is 9.04. The fraction of sp³-hybridized carbons (Fsp3) is 0.389. The fourth-order valence-corrected chi connectivity index (χ4v) is 2.91. The fourth-order valence-electron chi connectivity index (χ4n) is 2.16. The Morgan fingerprint density at radius 1 is 1.45 bits per heavy atom. The Hall–Kier alpha value is -2.97. The molecule has 1 aromatic heterocycles. The van der Waals surface area contributed by atoms with E-state index in [-0.39, 0.29) is 34.6 Å². The summed E-state index contributed by atoms with van der Waals surface area (Å²) < 4.78 is 18.1. The topological polar surface area (TPSA) is 136 Å². The summed E-state index contributed by atoms with van der Waals surface area (Å²) in [7, 11) is 0. The van der Waals surface area contributed by atoms with E-state index < -0.39 is 5.82 Å². The first-order chi connectivity index (χ1) is 14.1. The van der Waals surface area contributed by atoms with Crippen LogP contribution in [0.3, 0.4) is 0 Å². The van der Waals surface area contributed by atoms with Gasteiger partial charge in [0, 0.05) is 18.2 Å². The lowest BCUT2D eigenvalue weighted by molar-refractivity contribution is -0.122. The summed E-state index contributed by atoms with van der Waals surface area (Å²) in [6, 6.07) is 5.40. The van der Waals surface area contributed by atoms with Gasteiger partial charge in [0.25, 0.3) is 0 Å². The Balaban J connectivity index is 0.00000145. The smallest absolute Gasteiger partial charge is 0.223 e. The number of rotatable bonds is 7. The molecule has 1 aliphatic rings. The molecule has 0 aliphatic heterocycles. The molecule has 0 unspecified atom stereocenters. The minimum absolute atomic E-state index is 0.0537. The number of thioether (sulfide) groups is 1. The van der Waals surface area contributed by atoms with E-state index >= 15 is 0 Å². The van der Waals surface area contributed by atoms with Crippen LogP contribution < -0.4 is 10.8 Å². The van der Waals surface area contributed by atoms with E-state index in [0.29, 0.717) is 17.3 Å². The van der Waals surface area contributed by atoms with Crippen molar-refractivity contribution in [3.8, 4) is 6.07 Å². The van der Waals surface area contributed by atoms with Crippen molar-refractivity contribution in [2.24, 2.45) is 10.9 Å². The molecule has 0 radical (unpaired) electrons. The lowest BCUT2D eigenvalue weighted by Gasteiger charge is -2.05. The normalized spacial score (nSPS) is 13.1. The molecule has 154 valence electrons. The van der Waals surface area contributed by atoms with Gasteiger partial charge in [-0.05, 0) is 41.4 Å². The number of hydrogen-bond acceptors (Lipinski definition) is 8. The zero-order valence-electron chi connectivity index (χ0n) is 16.0. The average Bonchev–Trinajstić information content (AvgIpc) is 3.51. The molecule has 0 saturated heterocycles. The van der Waals surface area contributed by atoms with Crippen LogP contribution in [0, 0.1) is 23.1 Å². The molecule has 1 amide bonds. The van der Waals surface area contributed by atoms with Gasteiger partial charge in [0.1, 0.15) is 11.9 Å². The first kappa shape index (κ1) is 22.3. The SMILES string of the molecule is CC.N#Cc1cc(N=C(NO)c2nonc2SCCNC(=O)C2CC2)ccc1F. The number of amidine groups is 1. The van der Waals surface area contributed by atoms with E-state index in [1.165, 1.54) is 23.9 Å². The average molecular weight is 420 g/mol. The Bertz CT molecular complexity index is 907. The molecule has 1 saturated carbocycles. The number of hydrogen-bond donors (Lipinski definition) is 3. The number of nitriles is 1. The monoisotopic (exact) mass is 420 g/mol. The highest BCUT2D eigenvalue weighted by Crippen LogP contribution is 2.28. The predicted octanol–water partition coefficient (Wildman–Crippen LogP) is 2.78. The van der Waals surface area contributed by atoms with Gasteiger partial charge in [-0.15, -0.1) is 0 Å². The molecule has 29 heavy (non-hydrogen) atoms. The number of carbonyl (C=O) groups is 1. The Kier molecular flexibility index (Phi) is 8.57. The standard InChI is InChI=1S/C16H15FN6O3S.C2H6/c17-12-4-3-11(7-10(12)8-18)20-14(21-25)13-16(23-26-22-13)27-6-5-19-15(24)9-1-2-9;1-2/h3-4,7,9,25H,1-2,5-6H2,(H,19,24)(H,20,21);1-2H3. The molecule has 1 aliphatic carbocycles. The zero-order chi connectivity index (χ0) is 21.2. The molecule has 0 atom stereocenters. The molecular formula is C18H21FN6O3S. The minimum Gasteiger partial charge on any atom is -0.355 e. The number of carbonyl (C=O) groups excluding carboxylic acids is 1. The number of benzene rings is 1. The van der Waals surface area contributed by atoms with Gasteiger partial charge >= 0.3 is 0 Å². The van der Waals surface area contributed by atoms with Gasteiger partial charge in [-0.1, -0.05) is 25.6 Å². The van der Waals surface area contributed by atoms with Crippen molar-refractivity contribution in [3.63, 3.8) is 0 Å². The van der Waals surface area contributed by atoms with Crippen molar-refractivity contribution in [2.45, 2.75) is 31.7 Å². The molecule has 0 spiro atoms. The lowest BCUT2D eigenvalue weighted by atomic mass is 10.2. The number of hydroxylamine groups is 1. The Morgan fingerprint density at radius 3 is 2.86 bits per heavy atom. The molecule has 0 bridgehead atoms. The molecule has 11 heteroatoms. The van der Waals surface area contributed by atoms with Crippen molar-refractivity contribution in [2.75, 3.05) is 12.3 Å². The summed E-state index contributed by atoms with van der Waals surface area (Å²) in [6.07, 6.45) is 1.88. The number of aliphatic imine (C=N–C) groups is 1.